The molecule has 0 saturated carbocycles. The second kappa shape index (κ2) is 5.26. The van der Waals surface area contributed by atoms with Crippen LogP contribution in [0.1, 0.15) is 33.1 Å². The average Bonchev–Trinajstić information content (AvgIpc) is 2.71. The first-order valence-electron chi connectivity index (χ1n) is 6.75. The summed E-state index contributed by atoms with van der Waals surface area (Å²) < 4.78 is 0. The molecule has 18 heavy (non-hydrogen) atoms. The molecule has 0 aromatic carbocycles. The van der Waals surface area contributed by atoms with E-state index in [9.17, 15) is 14.7 Å². The van der Waals surface area contributed by atoms with Crippen LogP contribution >= 0.6 is 0 Å². The summed E-state index contributed by atoms with van der Waals surface area (Å²) in [6, 6.07) is 0.165. The molecule has 0 aliphatic carbocycles. The number of nitrogens with zero attached hydrogens (tertiary/aromatic N) is 2. The van der Waals surface area contributed by atoms with E-state index < -0.39 is 0 Å². The van der Waals surface area contributed by atoms with E-state index >= 15 is 0 Å². The van der Waals surface area contributed by atoms with Crippen LogP contribution in [0.15, 0.2) is 0 Å². The number of carbonyl (C=O) groups excluding carboxylic acids is 2. The van der Waals surface area contributed by atoms with Crippen molar-refractivity contribution in [2.75, 3.05) is 19.6 Å². The third-order valence-electron chi connectivity index (χ3n) is 3.91. The van der Waals surface area contributed by atoms with Crippen LogP contribution in [-0.4, -0.2) is 58.5 Å². The monoisotopic (exact) mass is 254 g/mol. The zero-order valence-electron chi connectivity index (χ0n) is 11.1. The Balaban J connectivity index is 1.93. The first-order valence-corrected chi connectivity index (χ1v) is 6.75. The molecule has 0 bridgehead atoms. The van der Waals surface area contributed by atoms with Crippen LogP contribution in [0, 0.1) is 5.92 Å². The van der Waals surface area contributed by atoms with Crippen molar-refractivity contribution in [2.45, 2.75) is 45.3 Å². The van der Waals surface area contributed by atoms with Crippen LogP contribution in [-0.2, 0) is 9.59 Å². The molecule has 2 fully saturated rings. The van der Waals surface area contributed by atoms with Crippen LogP contribution < -0.4 is 0 Å². The van der Waals surface area contributed by atoms with Crippen molar-refractivity contribution in [3.05, 3.63) is 0 Å². The standard InChI is InChI=1S/C13H22N2O3/c1-9(2)15-8-10(7-12(15)17)13(18)14-5-3-11(16)4-6-14/h9-11,16H,3-8H2,1-2H3. The first kappa shape index (κ1) is 13.3. The lowest BCUT2D eigenvalue weighted by molar-refractivity contribution is -0.137. The molecule has 2 saturated heterocycles. The van der Waals surface area contributed by atoms with E-state index in [1.54, 1.807) is 9.80 Å². The molecule has 5 nitrogen and oxygen atoms in total. The number of piperidine rings is 1. The van der Waals surface area contributed by atoms with Gasteiger partial charge in [-0.1, -0.05) is 0 Å². The van der Waals surface area contributed by atoms with Crippen LogP contribution in [0.4, 0.5) is 0 Å². The minimum absolute atomic E-state index is 0.0819. The summed E-state index contributed by atoms with van der Waals surface area (Å²) in [5, 5.41) is 9.43. The fourth-order valence-corrected chi connectivity index (χ4v) is 2.74. The van der Waals surface area contributed by atoms with Gasteiger partial charge in [-0.05, 0) is 26.7 Å². The molecule has 2 amide bonds. The molecule has 0 radical (unpaired) electrons. The average molecular weight is 254 g/mol. The third kappa shape index (κ3) is 2.66. The first-order chi connectivity index (χ1) is 8.49. The Morgan fingerprint density at radius 2 is 1.94 bits per heavy atom. The summed E-state index contributed by atoms with van der Waals surface area (Å²) in [5.74, 6) is -0.0195. The summed E-state index contributed by atoms with van der Waals surface area (Å²) in [6.45, 7) is 5.73. The fourth-order valence-electron chi connectivity index (χ4n) is 2.74. The Hall–Kier alpha value is -1.10. The van der Waals surface area contributed by atoms with Gasteiger partial charge in [-0.25, -0.2) is 0 Å². The Labute approximate surface area is 108 Å². The van der Waals surface area contributed by atoms with Crippen molar-refractivity contribution < 1.29 is 14.7 Å². The largest absolute Gasteiger partial charge is 0.393 e. The van der Waals surface area contributed by atoms with E-state index in [0.29, 0.717) is 38.9 Å². The van der Waals surface area contributed by atoms with Crippen LogP contribution in [0.2, 0.25) is 0 Å². The molecule has 2 rings (SSSR count). The van der Waals surface area contributed by atoms with Gasteiger partial charge in [-0.15, -0.1) is 0 Å². The van der Waals surface area contributed by atoms with Crippen molar-refractivity contribution in [3.63, 3.8) is 0 Å². The third-order valence-corrected chi connectivity index (χ3v) is 3.91. The molecule has 102 valence electrons. The molecule has 1 atom stereocenters. The van der Waals surface area contributed by atoms with E-state index in [4.69, 9.17) is 0 Å². The number of carbonyl (C=O) groups is 2. The maximum Gasteiger partial charge on any atom is 0.227 e. The highest BCUT2D eigenvalue weighted by Crippen LogP contribution is 2.23. The quantitative estimate of drug-likeness (QED) is 0.767. The normalized spacial score (nSPS) is 26.2. The zero-order valence-corrected chi connectivity index (χ0v) is 11.1. The molecular formula is C13H22N2O3. The molecule has 0 aromatic heterocycles. The summed E-state index contributed by atoms with van der Waals surface area (Å²) in [5.41, 5.74) is 0. The molecule has 2 aliphatic rings. The number of aliphatic hydroxyl groups excluding tert-OH is 1. The Bertz CT molecular complexity index is 335. The van der Waals surface area contributed by atoms with Gasteiger partial charge in [0, 0.05) is 32.1 Å². The summed E-state index contributed by atoms with van der Waals surface area (Å²) in [4.78, 5) is 27.6. The van der Waals surface area contributed by atoms with Gasteiger partial charge in [0.15, 0.2) is 0 Å². The molecule has 1 unspecified atom stereocenters. The maximum absolute atomic E-state index is 12.3. The summed E-state index contributed by atoms with van der Waals surface area (Å²) in [7, 11) is 0. The number of rotatable bonds is 2. The van der Waals surface area contributed by atoms with Crippen molar-refractivity contribution in [1.29, 1.82) is 0 Å². The van der Waals surface area contributed by atoms with E-state index in [1.165, 1.54) is 0 Å². The Kier molecular flexibility index (Phi) is 3.90. The number of amides is 2. The number of hydrogen-bond donors (Lipinski definition) is 1. The molecule has 0 spiro atoms. The molecule has 2 aliphatic heterocycles. The minimum atomic E-state index is -0.272. The van der Waals surface area contributed by atoms with Crippen LogP contribution in [0.3, 0.4) is 0 Å². The lowest BCUT2D eigenvalue weighted by atomic mass is 10.0. The van der Waals surface area contributed by atoms with Crippen LogP contribution in [0.5, 0.6) is 0 Å². The van der Waals surface area contributed by atoms with Gasteiger partial charge in [0.1, 0.15) is 0 Å². The van der Waals surface area contributed by atoms with Gasteiger partial charge >= 0.3 is 0 Å². The van der Waals surface area contributed by atoms with E-state index in [-0.39, 0.29) is 29.9 Å². The fraction of sp³-hybridized carbons (Fsp3) is 0.846. The van der Waals surface area contributed by atoms with Gasteiger partial charge in [0.2, 0.25) is 11.8 Å². The number of hydrogen-bond acceptors (Lipinski definition) is 3. The minimum Gasteiger partial charge on any atom is -0.393 e. The molecule has 0 aromatic rings. The Morgan fingerprint density at radius 3 is 2.44 bits per heavy atom. The van der Waals surface area contributed by atoms with Gasteiger partial charge in [0.25, 0.3) is 0 Å². The van der Waals surface area contributed by atoms with Gasteiger partial charge in [-0.2, -0.15) is 0 Å². The topological polar surface area (TPSA) is 60.9 Å². The van der Waals surface area contributed by atoms with Gasteiger partial charge in [0.05, 0.1) is 12.0 Å². The van der Waals surface area contributed by atoms with Crippen molar-refractivity contribution in [2.24, 2.45) is 5.92 Å². The Morgan fingerprint density at radius 1 is 1.33 bits per heavy atom. The molecular weight excluding hydrogens is 232 g/mol. The summed E-state index contributed by atoms with van der Waals surface area (Å²) in [6.07, 6.45) is 1.38. The maximum atomic E-state index is 12.3. The SMILES string of the molecule is CC(C)N1CC(C(=O)N2CCC(O)CC2)CC1=O. The van der Waals surface area contributed by atoms with E-state index in [2.05, 4.69) is 0 Å². The summed E-state index contributed by atoms with van der Waals surface area (Å²) >= 11 is 0. The lowest BCUT2D eigenvalue weighted by Gasteiger charge is -2.31. The zero-order chi connectivity index (χ0) is 13.3. The highest BCUT2D eigenvalue weighted by Gasteiger charge is 2.38. The van der Waals surface area contributed by atoms with Crippen molar-refractivity contribution in [3.8, 4) is 0 Å². The molecule has 2 heterocycles. The van der Waals surface area contributed by atoms with Gasteiger partial charge < -0.3 is 14.9 Å². The van der Waals surface area contributed by atoms with E-state index in [1.807, 2.05) is 13.8 Å². The van der Waals surface area contributed by atoms with E-state index in [0.717, 1.165) is 0 Å². The molecule has 5 heteroatoms. The van der Waals surface area contributed by atoms with Crippen molar-refractivity contribution in [1.82, 2.24) is 9.80 Å². The number of likely N-dealkylation sites (tertiary alicyclic amines) is 2. The highest BCUT2D eigenvalue weighted by atomic mass is 16.3. The molecule has 1 N–H and O–H groups in total. The van der Waals surface area contributed by atoms with Crippen molar-refractivity contribution >= 4 is 11.8 Å². The second-order valence-corrected chi connectivity index (χ2v) is 5.60. The lowest BCUT2D eigenvalue weighted by Crippen LogP contribution is -2.44. The highest BCUT2D eigenvalue weighted by molar-refractivity contribution is 5.89. The predicted molar refractivity (Wildman–Crippen MR) is 66.8 cm³/mol. The smallest absolute Gasteiger partial charge is 0.227 e. The van der Waals surface area contributed by atoms with Gasteiger partial charge in [-0.3, -0.25) is 9.59 Å². The predicted octanol–water partition coefficient (Wildman–Crippen LogP) is 0.227. The van der Waals surface area contributed by atoms with Crippen LogP contribution in [0.25, 0.3) is 0 Å². The number of aliphatic hydroxyl groups is 1. The second-order valence-electron chi connectivity index (χ2n) is 5.60.